The molecule has 3 rings (SSSR count). The number of anilines is 2. The molecule has 2 aliphatic heterocycles. The molecule has 0 aliphatic carbocycles. The van der Waals surface area contributed by atoms with Crippen molar-refractivity contribution in [3.05, 3.63) is 24.3 Å². The van der Waals surface area contributed by atoms with E-state index in [0.29, 0.717) is 24.9 Å². The fourth-order valence-corrected chi connectivity index (χ4v) is 3.77. The van der Waals surface area contributed by atoms with Gasteiger partial charge in [-0.3, -0.25) is 4.90 Å². The van der Waals surface area contributed by atoms with Gasteiger partial charge in [0.1, 0.15) is 6.61 Å². The molecule has 1 aromatic carbocycles. The Labute approximate surface area is 154 Å². The van der Waals surface area contributed by atoms with Crippen LogP contribution in [0.2, 0.25) is 0 Å². The van der Waals surface area contributed by atoms with Crippen LogP contribution in [0, 0.1) is 0 Å². The van der Waals surface area contributed by atoms with Crippen molar-refractivity contribution in [3.63, 3.8) is 0 Å². The smallest absolute Gasteiger partial charge is 0.414 e. The van der Waals surface area contributed by atoms with Crippen molar-refractivity contribution in [2.45, 2.75) is 38.8 Å². The Morgan fingerprint density at radius 1 is 1.38 bits per heavy atom. The van der Waals surface area contributed by atoms with Crippen molar-refractivity contribution in [2.75, 3.05) is 43.5 Å². The molecule has 2 atom stereocenters. The molecule has 2 aliphatic rings. The zero-order valence-electron chi connectivity index (χ0n) is 15.8. The third-order valence-electron chi connectivity index (χ3n) is 5.43. The van der Waals surface area contributed by atoms with Crippen LogP contribution in [-0.2, 0) is 4.74 Å². The van der Waals surface area contributed by atoms with E-state index in [1.807, 2.05) is 25.2 Å². The van der Waals surface area contributed by atoms with Gasteiger partial charge in [0, 0.05) is 37.1 Å². The van der Waals surface area contributed by atoms with E-state index >= 15 is 0 Å². The maximum Gasteiger partial charge on any atom is 0.414 e. The molecule has 7 heteroatoms. The SMILES string of the molecule is CCN1CC[C@H](N(C)C(=O)Nc2cccc(N3CCOC3=O)c2)C[C@@H]1C. The molecule has 142 valence electrons. The molecule has 1 aromatic rings. The van der Waals surface area contributed by atoms with Gasteiger partial charge in [-0.2, -0.15) is 0 Å². The van der Waals surface area contributed by atoms with Crippen LogP contribution in [0.3, 0.4) is 0 Å². The maximum atomic E-state index is 12.7. The molecule has 3 amide bonds. The Morgan fingerprint density at radius 3 is 2.85 bits per heavy atom. The number of piperidine rings is 1. The van der Waals surface area contributed by atoms with Gasteiger partial charge >= 0.3 is 12.1 Å². The van der Waals surface area contributed by atoms with E-state index in [1.54, 1.807) is 15.9 Å². The van der Waals surface area contributed by atoms with E-state index in [0.717, 1.165) is 31.6 Å². The summed E-state index contributed by atoms with van der Waals surface area (Å²) >= 11 is 0. The van der Waals surface area contributed by atoms with Crippen molar-refractivity contribution >= 4 is 23.5 Å². The molecule has 0 radical (unpaired) electrons. The molecular weight excluding hydrogens is 332 g/mol. The van der Waals surface area contributed by atoms with Gasteiger partial charge in [-0.1, -0.05) is 13.0 Å². The molecule has 0 saturated carbocycles. The van der Waals surface area contributed by atoms with E-state index in [4.69, 9.17) is 4.74 Å². The summed E-state index contributed by atoms with van der Waals surface area (Å²) in [5.41, 5.74) is 1.41. The zero-order valence-corrected chi connectivity index (χ0v) is 15.8. The summed E-state index contributed by atoms with van der Waals surface area (Å²) in [6, 6.07) is 7.92. The molecule has 0 aromatic heterocycles. The number of carbonyl (C=O) groups is 2. The monoisotopic (exact) mass is 360 g/mol. The number of hydrogen-bond acceptors (Lipinski definition) is 4. The van der Waals surface area contributed by atoms with Crippen molar-refractivity contribution in [1.29, 1.82) is 0 Å². The number of nitrogens with one attached hydrogen (secondary N) is 1. The van der Waals surface area contributed by atoms with E-state index in [1.165, 1.54) is 0 Å². The van der Waals surface area contributed by atoms with Crippen LogP contribution in [-0.4, -0.2) is 67.3 Å². The minimum absolute atomic E-state index is 0.117. The van der Waals surface area contributed by atoms with Gasteiger partial charge in [0.25, 0.3) is 0 Å². The maximum absolute atomic E-state index is 12.7. The fraction of sp³-hybridized carbons (Fsp3) is 0.579. The number of amides is 3. The van der Waals surface area contributed by atoms with Gasteiger partial charge in [-0.05, 0) is 44.5 Å². The number of urea groups is 1. The molecule has 26 heavy (non-hydrogen) atoms. The van der Waals surface area contributed by atoms with Gasteiger partial charge in [-0.25, -0.2) is 9.59 Å². The molecule has 1 N–H and O–H groups in total. The van der Waals surface area contributed by atoms with Crippen LogP contribution in [0.15, 0.2) is 24.3 Å². The van der Waals surface area contributed by atoms with Gasteiger partial charge in [-0.15, -0.1) is 0 Å². The Morgan fingerprint density at radius 2 is 2.19 bits per heavy atom. The molecule has 2 saturated heterocycles. The Kier molecular flexibility index (Phi) is 5.66. The third kappa shape index (κ3) is 3.93. The first kappa shape index (κ1) is 18.5. The highest BCUT2D eigenvalue weighted by molar-refractivity contribution is 5.93. The van der Waals surface area contributed by atoms with Gasteiger partial charge in [0.15, 0.2) is 0 Å². The van der Waals surface area contributed by atoms with Crippen LogP contribution >= 0.6 is 0 Å². The van der Waals surface area contributed by atoms with Crippen LogP contribution in [0.5, 0.6) is 0 Å². The number of cyclic esters (lactones) is 1. The topological polar surface area (TPSA) is 65.1 Å². The summed E-state index contributed by atoms with van der Waals surface area (Å²) < 4.78 is 4.97. The Balaban J connectivity index is 1.62. The number of carbonyl (C=O) groups excluding carboxylic acids is 2. The lowest BCUT2D eigenvalue weighted by Gasteiger charge is -2.40. The number of rotatable bonds is 4. The number of hydrogen-bond donors (Lipinski definition) is 1. The first-order chi connectivity index (χ1) is 12.5. The molecule has 0 unspecified atom stereocenters. The van der Waals surface area contributed by atoms with Crippen molar-refractivity contribution in [1.82, 2.24) is 9.80 Å². The molecule has 7 nitrogen and oxygen atoms in total. The molecule has 0 spiro atoms. The van der Waals surface area contributed by atoms with Gasteiger partial charge < -0.3 is 19.9 Å². The second kappa shape index (κ2) is 7.95. The zero-order chi connectivity index (χ0) is 18.7. The van der Waals surface area contributed by atoms with Crippen molar-refractivity contribution in [2.24, 2.45) is 0 Å². The second-order valence-corrected chi connectivity index (χ2v) is 7.01. The summed E-state index contributed by atoms with van der Waals surface area (Å²) in [5, 5.41) is 2.95. The lowest BCUT2D eigenvalue weighted by atomic mass is 9.97. The summed E-state index contributed by atoms with van der Waals surface area (Å²) in [6.45, 7) is 7.40. The number of likely N-dealkylation sites (tertiary alicyclic amines) is 1. The van der Waals surface area contributed by atoms with E-state index in [2.05, 4.69) is 24.1 Å². The summed E-state index contributed by atoms with van der Waals surface area (Å²) in [4.78, 5) is 30.2. The minimum Gasteiger partial charge on any atom is -0.447 e. The van der Waals surface area contributed by atoms with Gasteiger partial charge in [0.2, 0.25) is 0 Å². The molecule has 0 bridgehead atoms. The molecule has 2 fully saturated rings. The Bertz CT molecular complexity index is 666. The first-order valence-corrected chi connectivity index (χ1v) is 9.31. The van der Waals surface area contributed by atoms with Crippen LogP contribution in [0.4, 0.5) is 21.0 Å². The highest BCUT2D eigenvalue weighted by atomic mass is 16.6. The second-order valence-electron chi connectivity index (χ2n) is 7.01. The van der Waals surface area contributed by atoms with Crippen molar-refractivity contribution in [3.8, 4) is 0 Å². The molecule has 2 heterocycles. The summed E-state index contributed by atoms with van der Waals surface area (Å²) in [5.74, 6) is 0. The Hall–Kier alpha value is -2.28. The first-order valence-electron chi connectivity index (χ1n) is 9.31. The van der Waals surface area contributed by atoms with E-state index in [9.17, 15) is 9.59 Å². The average molecular weight is 360 g/mol. The van der Waals surface area contributed by atoms with Crippen LogP contribution in [0.25, 0.3) is 0 Å². The predicted octanol–water partition coefficient (Wildman–Crippen LogP) is 2.98. The van der Waals surface area contributed by atoms with Crippen molar-refractivity contribution < 1.29 is 14.3 Å². The average Bonchev–Trinajstić information content (AvgIpc) is 3.07. The number of nitrogens with zero attached hydrogens (tertiary/aromatic N) is 3. The standard InChI is InChI=1S/C19H28N4O3/c1-4-22-9-8-16(12-14(22)2)21(3)18(24)20-15-6-5-7-17(13-15)23-10-11-26-19(23)25/h5-7,13-14,16H,4,8-12H2,1-3H3,(H,20,24)/t14-,16-/m0/s1. The molecular formula is C19H28N4O3. The predicted molar refractivity (Wildman–Crippen MR) is 102 cm³/mol. The summed E-state index contributed by atoms with van der Waals surface area (Å²) in [7, 11) is 1.86. The highest BCUT2D eigenvalue weighted by Gasteiger charge is 2.29. The van der Waals surface area contributed by atoms with E-state index in [-0.39, 0.29) is 18.2 Å². The van der Waals surface area contributed by atoms with E-state index < -0.39 is 0 Å². The highest BCUT2D eigenvalue weighted by Crippen LogP contribution is 2.24. The lowest BCUT2D eigenvalue weighted by molar-refractivity contribution is 0.104. The number of ether oxygens (including phenoxy) is 1. The van der Waals surface area contributed by atoms with Gasteiger partial charge in [0.05, 0.1) is 6.54 Å². The normalized spacial score (nSPS) is 23.7. The number of benzene rings is 1. The van der Waals surface area contributed by atoms with Crippen LogP contribution in [0.1, 0.15) is 26.7 Å². The lowest BCUT2D eigenvalue weighted by Crippen LogP contribution is -2.50. The quantitative estimate of drug-likeness (QED) is 0.896. The third-order valence-corrected chi connectivity index (χ3v) is 5.43. The fourth-order valence-electron chi connectivity index (χ4n) is 3.77. The summed E-state index contributed by atoms with van der Waals surface area (Å²) in [6.07, 6.45) is 1.63. The largest absolute Gasteiger partial charge is 0.447 e. The van der Waals surface area contributed by atoms with Crippen LogP contribution < -0.4 is 10.2 Å². The minimum atomic E-state index is -0.345.